The first-order valence-corrected chi connectivity index (χ1v) is 12.2. The highest BCUT2D eigenvalue weighted by Gasteiger charge is 1.97. The van der Waals surface area contributed by atoms with Crippen LogP contribution in [0.15, 0.2) is 72.3 Å². The lowest BCUT2D eigenvalue weighted by Gasteiger charge is -2.04. The second-order valence-electron chi connectivity index (χ2n) is 8.33. The summed E-state index contributed by atoms with van der Waals surface area (Å²) >= 11 is 0. The topological polar surface area (TPSA) is 0 Å². The highest BCUT2D eigenvalue weighted by Crippen LogP contribution is 2.21. The van der Waals surface area contributed by atoms with E-state index in [0.29, 0.717) is 0 Å². The third kappa shape index (κ3) is 9.55. The van der Waals surface area contributed by atoms with Crippen molar-refractivity contribution < 1.29 is 0 Å². The fourth-order valence-corrected chi connectivity index (χ4v) is 3.86. The highest BCUT2D eigenvalue weighted by molar-refractivity contribution is 5.88. The van der Waals surface area contributed by atoms with Crippen LogP contribution in [0.3, 0.4) is 0 Å². The van der Waals surface area contributed by atoms with Gasteiger partial charge in [0.15, 0.2) is 0 Å². The van der Waals surface area contributed by atoms with Crippen LogP contribution in [0, 0.1) is 13.8 Å². The van der Waals surface area contributed by atoms with Crippen LogP contribution in [0.5, 0.6) is 0 Å². The minimum absolute atomic E-state index is 1.16. The second kappa shape index (κ2) is 15.5. The maximum atomic E-state index is 2.30. The minimum Gasteiger partial charge on any atom is -0.0859 e. The molecule has 0 aromatic heterocycles. The van der Waals surface area contributed by atoms with Gasteiger partial charge in [-0.15, -0.1) is 0 Å². The third-order valence-corrected chi connectivity index (χ3v) is 5.58. The van der Waals surface area contributed by atoms with Gasteiger partial charge in [0.05, 0.1) is 0 Å². The van der Waals surface area contributed by atoms with Crippen molar-refractivity contribution in [1.82, 2.24) is 0 Å². The van der Waals surface area contributed by atoms with Gasteiger partial charge in [-0.3, -0.25) is 0 Å². The first kappa shape index (κ1) is 26.7. The van der Waals surface area contributed by atoms with Gasteiger partial charge >= 0.3 is 0 Å². The lowest BCUT2D eigenvalue weighted by Crippen LogP contribution is -1.90. The molecule has 0 amide bonds. The summed E-state index contributed by atoms with van der Waals surface area (Å²) in [5, 5.41) is 2.75. The maximum Gasteiger partial charge on any atom is -0.0152 e. The van der Waals surface area contributed by atoms with Crippen molar-refractivity contribution >= 4 is 10.8 Å². The van der Waals surface area contributed by atoms with Gasteiger partial charge in [0, 0.05) is 0 Å². The van der Waals surface area contributed by atoms with E-state index in [-0.39, 0.29) is 0 Å². The Bertz CT molecular complexity index is 874. The average molecular weight is 417 g/mol. The van der Waals surface area contributed by atoms with Gasteiger partial charge in [-0.25, -0.2) is 0 Å². The molecule has 0 N–H and O–H groups in total. The smallest absolute Gasteiger partial charge is 0.0152 e. The Morgan fingerprint density at radius 1 is 0.677 bits per heavy atom. The monoisotopic (exact) mass is 416 g/mol. The molecule has 0 heterocycles. The summed E-state index contributed by atoms with van der Waals surface area (Å²) in [4.78, 5) is 0. The molecule has 0 radical (unpaired) electrons. The van der Waals surface area contributed by atoms with Crippen molar-refractivity contribution in [1.29, 1.82) is 0 Å². The number of hydrogen-bond acceptors (Lipinski definition) is 0. The first-order valence-electron chi connectivity index (χ1n) is 12.2. The van der Waals surface area contributed by atoms with Crippen LogP contribution in [0.4, 0.5) is 0 Å². The zero-order chi connectivity index (χ0) is 23.1. The quantitative estimate of drug-likeness (QED) is 0.351. The number of aryl methyl sites for hydroxylation is 4. The number of hydrogen-bond donors (Lipinski definition) is 0. The van der Waals surface area contributed by atoms with Crippen LogP contribution in [-0.2, 0) is 12.8 Å². The Morgan fingerprint density at radius 2 is 1.19 bits per heavy atom. The van der Waals surface area contributed by atoms with Gasteiger partial charge in [-0.2, -0.15) is 0 Å². The van der Waals surface area contributed by atoms with Crippen molar-refractivity contribution in [3.05, 3.63) is 94.6 Å². The fourth-order valence-electron chi connectivity index (χ4n) is 3.86. The molecule has 0 bridgehead atoms. The Balaban J connectivity index is 0.000000238. The van der Waals surface area contributed by atoms with Gasteiger partial charge in [0.1, 0.15) is 0 Å². The van der Waals surface area contributed by atoms with Gasteiger partial charge < -0.3 is 0 Å². The first-order chi connectivity index (χ1) is 15.0. The third-order valence-electron chi connectivity index (χ3n) is 5.58. The van der Waals surface area contributed by atoms with E-state index in [1.807, 2.05) is 0 Å². The molecule has 3 rings (SSSR count). The van der Waals surface area contributed by atoms with Gasteiger partial charge in [0.25, 0.3) is 0 Å². The molecule has 0 unspecified atom stereocenters. The lowest BCUT2D eigenvalue weighted by atomic mass is 10.0. The number of allylic oxidation sites excluding steroid dienone is 2. The molecule has 3 aromatic carbocycles. The number of benzene rings is 3. The molecule has 0 saturated heterocycles. The molecular weight excluding hydrogens is 372 g/mol. The molecule has 168 valence electrons. The summed E-state index contributed by atoms with van der Waals surface area (Å²) in [6.07, 6.45) is 9.67. The minimum atomic E-state index is 1.16. The Morgan fingerprint density at radius 3 is 1.65 bits per heavy atom. The van der Waals surface area contributed by atoms with Gasteiger partial charge in [-0.1, -0.05) is 113 Å². The summed E-state index contributed by atoms with van der Waals surface area (Å²) in [5.41, 5.74) is 7.29. The lowest BCUT2D eigenvalue weighted by molar-refractivity contribution is 0.896. The van der Waals surface area contributed by atoms with E-state index >= 15 is 0 Å². The van der Waals surface area contributed by atoms with Crippen molar-refractivity contribution in [2.24, 2.45) is 0 Å². The molecule has 0 heteroatoms. The summed E-state index contributed by atoms with van der Waals surface area (Å²) in [5.74, 6) is 0. The second-order valence-corrected chi connectivity index (χ2v) is 8.33. The van der Waals surface area contributed by atoms with Crippen molar-refractivity contribution in [2.75, 3.05) is 0 Å². The molecule has 0 fully saturated rings. The zero-order valence-electron chi connectivity index (χ0n) is 21.1. The van der Waals surface area contributed by atoms with Crippen LogP contribution in [0.1, 0.15) is 82.6 Å². The maximum absolute atomic E-state index is 2.30. The molecule has 0 aliphatic carbocycles. The summed E-state index contributed by atoms with van der Waals surface area (Å²) in [6, 6.07) is 21.6. The van der Waals surface area contributed by atoms with Gasteiger partial charge in [0.2, 0.25) is 0 Å². The molecule has 0 atom stereocenters. The molecule has 0 aliphatic rings. The number of rotatable bonds is 6. The van der Waals surface area contributed by atoms with E-state index in [4.69, 9.17) is 0 Å². The van der Waals surface area contributed by atoms with Crippen LogP contribution in [-0.4, -0.2) is 0 Å². The highest BCUT2D eigenvalue weighted by atomic mass is 14.0. The standard InChI is InChI=1S/C12H12.C11H16.C8H16/c1-9-7-8-10(2)12-6-4-3-5-11(9)12;1-3-7-11-9-6-5-8-10(11)4-2;1-4-6-8(3)7-5-2/h3-8H,1-2H3;5-6,8-9H,3-4,7H2,1-2H3;6H,4-5,7H2,1-3H3/b;;8-6-. The van der Waals surface area contributed by atoms with E-state index in [2.05, 4.69) is 115 Å². The Kier molecular flexibility index (Phi) is 13.3. The van der Waals surface area contributed by atoms with Gasteiger partial charge in [-0.05, 0) is 79.5 Å². The fraction of sp³-hybridized carbons (Fsp3) is 0.419. The Labute approximate surface area is 192 Å². The summed E-state index contributed by atoms with van der Waals surface area (Å²) in [6.45, 7) is 15.4. The molecule has 0 nitrogen and oxygen atoms in total. The molecule has 0 aliphatic heterocycles. The van der Waals surface area contributed by atoms with E-state index in [0.717, 1.165) is 6.42 Å². The van der Waals surface area contributed by atoms with Crippen LogP contribution in [0.25, 0.3) is 10.8 Å². The normalized spacial score (nSPS) is 10.7. The molecule has 0 saturated carbocycles. The molecule has 31 heavy (non-hydrogen) atoms. The van der Waals surface area contributed by atoms with E-state index in [9.17, 15) is 0 Å². The largest absolute Gasteiger partial charge is 0.0859 e. The Hall–Kier alpha value is -2.34. The van der Waals surface area contributed by atoms with Crippen LogP contribution >= 0.6 is 0 Å². The predicted molar refractivity (Wildman–Crippen MR) is 142 cm³/mol. The van der Waals surface area contributed by atoms with Crippen LogP contribution < -0.4 is 0 Å². The zero-order valence-corrected chi connectivity index (χ0v) is 21.1. The number of fused-ring (bicyclic) bond motifs is 1. The predicted octanol–water partition coefficient (Wildman–Crippen LogP) is 9.80. The van der Waals surface area contributed by atoms with E-state index in [1.54, 1.807) is 0 Å². The average Bonchev–Trinajstić information content (AvgIpc) is 2.78. The summed E-state index contributed by atoms with van der Waals surface area (Å²) in [7, 11) is 0. The molecule has 3 aromatic rings. The van der Waals surface area contributed by atoms with E-state index < -0.39 is 0 Å². The van der Waals surface area contributed by atoms with Crippen molar-refractivity contribution in [3.8, 4) is 0 Å². The van der Waals surface area contributed by atoms with Crippen LogP contribution in [0.2, 0.25) is 0 Å². The molecular formula is C31H44. The van der Waals surface area contributed by atoms with E-state index in [1.165, 1.54) is 70.7 Å². The SMILES string of the molecule is CC/C=C(/C)CCC.CCCc1ccccc1CC.Cc1ccc(C)c2ccccc12. The van der Waals surface area contributed by atoms with Crippen molar-refractivity contribution in [3.63, 3.8) is 0 Å². The molecule has 0 spiro atoms. The van der Waals surface area contributed by atoms with Crippen molar-refractivity contribution in [2.45, 2.75) is 87.0 Å². The summed E-state index contributed by atoms with van der Waals surface area (Å²) < 4.78 is 0.